The molecule has 0 saturated carbocycles. The molecule has 23 heavy (non-hydrogen) atoms. The van der Waals surface area contributed by atoms with Crippen molar-refractivity contribution in [3.05, 3.63) is 60.3 Å². The lowest BCUT2D eigenvalue weighted by molar-refractivity contribution is 0.0934. The number of aromatic nitrogens is 4. The average Bonchev–Trinajstić information content (AvgIpc) is 3.22. The highest BCUT2D eigenvalue weighted by atomic mass is 16.1. The van der Waals surface area contributed by atoms with E-state index >= 15 is 0 Å². The minimum atomic E-state index is -0.167. The highest BCUT2D eigenvalue weighted by molar-refractivity contribution is 5.93. The van der Waals surface area contributed by atoms with E-state index in [1.807, 2.05) is 37.3 Å². The van der Waals surface area contributed by atoms with Gasteiger partial charge in [0.05, 0.1) is 29.7 Å². The minimum Gasteiger partial charge on any atom is -0.342 e. The molecular formula is C17H19N5O. The lowest BCUT2D eigenvalue weighted by Crippen LogP contribution is -2.28. The number of rotatable bonds is 5. The molecule has 0 unspecified atom stereocenters. The van der Waals surface area contributed by atoms with Gasteiger partial charge in [-0.15, -0.1) is 0 Å². The third kappa shape index (κ3) is 3.31. The van der Waals surface area contributed by atoms with Gasteiger partial charge in [0.25, 0.3) is 5.91 Å². The van der Waals surface area contributed by atoms with Crippen molar-refractivity contribution in [2.75, 3.05) is 0 Å². The smallest absolute Gasteiger partial charge is 0.255 e. The van der Waals surface area contributed by atoms with E-state index < -0.39 is 0 Å². The van der Waals surface area contributed by atoms with E-state index in [0.29, 0.717) is 5.56 Å². The Bertz CT molecular complexity index is 790. The zero-order valence-electron chi connectivity index (χ0n) is 13.2. The van der Waals surface area contributed by atoms with Crippen LogP contribution in [0.25, 0.3) is 11.3 Å². The number of carbonyl (C=O) groups excluding carboxylic acids is 1. The normalized spacial score (nSPS) is 12.1. The molecule has 3 aromatic rings. The first kappa shape index (κ1) is 15.0. The fourth-order valence-corrected chi connectivity index (χ4v) is 2.42. The van der Waals surface area contributed by atoms with Gasteiger partial charge in [0, 0.05) is 13.2 Å². The van der Waals surface area contributed by atoms with Crippen LogP contribution >= 0.6 is 0 Å². The Morgan fingerprint density at radius 1 is 1.30 bits per heavy atom. The van der Waals surface area contributed by atoms with Crippen LogP contribution in [-0.4, -0.2) is 25.7 Å². The zero-order chi connectivity index (χ0) is 16.2. The molecule has 2 N–H and O–H groups in total. The maximum Gasteiger partial charge on any atom is 0.255 e. The van der Waals surface area contributed by atoms with E-state index in [0.717, 1.165) is 23.5 Å². The summed E-state index contributed by atoms with van der Waals surface area (Å²) in [6.45, 7) is 2.01. The van der Waals surface area contributed by atoms with Crippen LogP contribution < -0.4 is 5.32 Å². The summed E-state index contributed by atoms with van der Waals surface area (Å²) in [4.78, 5) is 20.0. The van der Waals surface area contributed by atoms with Crippen LogP contribution in [0.1, 0.15) is 35.6 Å². The molecule has 0 aliphatic heterocycles. The van der Waals surface area contributed by atoms with E-state index in [4.69, 9.17) is 0 Å². The Balaban J connectivity index is 1.76. The van der Waals surface area contributed by atoms with Crippen LogP contribution in [0.15, 0.2) is 48.9 Å². The van der Waals surface area contributed by atoms with E-state index in [1.54, 1.807) is 30.3 Å². The standard InChI is InChI=1S/C17H19N5O/c1-3-14(21-17(23)13-9-19-22(2)11-13)16-18-10-15(20-16)12-7-5-4-6-8-12/h4-11,14H,3H2,1-2H3,(H,18,20)(H,21,23)/t14-/m0/s1. The van der Waals surface area contributed by atoms with Crippen molar-refractivity contribution in [3.8, 4) is 11.3 Å². The summed E-state index contributed by atoms with van der Waals surface area (Å²) in [6, 6.07) is 9.82. The number of hydrogen-bond donors (Lipinski definition) is 2. The van der Waals surface area contributed by atoms with Crippen molar-refractivity contribution in [2.45, 2.75) is 19.4 Å². The predicted molar refractivity (Wildman–Crippen MR) is 87.7 cm³/mol. The zero-order valence-corrected chi connectivity index (χ0v) is 13.2. The van der Waals surface area contributed by atoms with Gasteiger partial charge in [-0.05, 0) is 12.0 Å². The molecule has 2 aromatic heterocycles. The SMILES string of the molecule is CC[C@H](NC(=O)c1cnn(C)c1)c1ncc(-c2ccccc2)[nH]1. The first-order valence-electron chi connectivity index (χ1n) is 7.57. The maximum absolute atomic E-state index is 12.3. The largest absolute Gasteiger partial charge is 0.342 e. The number of aryl methyl sites for hydroxylation is 1. The Labute approximate surface area is 134 Å². The van der Waals surface area contributed by atoms with E-state index in [2.05, 4.69) is 20.4 Å². The molecule has 0 bridgehead atoms. The summed E-state index contributed by atoms with van der Waals surface area (Å²) >= 11 is 0. The molecule has 0 aliphatic rings. The molecule has 1 aromatic carbocycles. The molecule has 1 amide bonds. The van der Waals surface area contributed by atoms with Crippen LogP contribution in [0.2, 0.25) is 0 Å². The first-order valence-corrected chi connectivity index (χ1v) is 7.57. The van der Waals surface area contributed by atoms with Crippen LogP contribution in [0.3, 0.4) is 0 Å². The van der Waals surface area contributed by atoms with Crippen LogP contribution in [0.5, 0.6) is 0 Å². The van der Waals surface area contributed by atoms with Crippen LogP contribution in [-0.2, 0) is 7.05 Å². The minimum absolute atomic E-state index is 0.150. The highest BCUT2D eigenvalue weighted by Crippen LogP contribution is 2.20. The van der Waals surface area contributed by atoms with Gasteiger partial charge in [0.2, 0.25) is 0 Å². The molecule has 118 valence electrons. The molecule has 3 rings (SSSR count). The van der Waals surface area contributed by atoms with Crippen molar-refractivity contribution in [2.24, 2.45) is 7.05 Å². The van der Waals surface area contributed by atoms with Crippen molar-refractivity contribution in [3.63, 3.8) is 0 Å². The monoisotopic (exact) mass is 309 g/mol. The third-order valence-corrected chi connectivity index (χ3v) is 3.69. The van der Waals surface area contributed by atoms with Gasteiger partial charge >= 0.3 is 0 Å². The molecule has 6 heteroatoms. The number of aromatic amines is 1. The number of hydrogen-bond acceptors (Lipinski definition) is 3. The van der Waals surface area contributed by atoms with Gasteiger partial charge in [-0.2, -0.15) is 5.10 Å². The number of H-pyrrole nitrogens is 1. The fourth-order valence-electron chi connectivity index (χ4n) is 2.42. The number of amides is 1. The average molecular weight is 309 g/mol. The van der Waals surface area contributed by atoms with Crippen molar-refractivity contribution in [1.82, 2.24) is 25.1 Å². The Kier molecular flexibility index (Phi) is 4.23. The summed E-state index contributed by atoms with van der Waals surface area (Å²) in [7, 11) is 1.78. The maximum atomic E-state index is 12.3. The van der Waals surface area contributed by atoms with Crippen LogP contribution in [0.4, 0.5) is 0 Å². The van der Waals surface area contributed by atoms with Crippen LogP contribution in [0, 0.1) is 0 Å². The molecule has 0 aliphatic carbocycles. The summed E-state index contributed by atoms with van der Waals surface area (Å²) in [5.41, 5.74) is 2.55. The van der Waals surface area contributed by atoms with Gasteiger partial charge in [-0.3, -0.25) is 9.48 Å². The Morgan fingerprint density at radius 3 is 2.74 bits per heavy atom. The highest BCUT2D eigenvalue weighted by Gasteiger charge is 2.18. The topological polar surface area (TPSA) is 75.6 Å². The first-order chi connectivity index (χ1) is 11.2. The number of imidazole rings is 1. The molecule has 0 fully saturated rings. The van der Waals surface area contributed by atoms with Crippen molar-refractivity contribution in [1.29, 1.82) is 0 Å². The van der Waals surface area contributed by atoms with Gasteiger partial charge in [0.15, 0.2) is 0 Å². The quantitative estimate of drug-likeness (QED) is 0.761. The van der Waals surface area contributed by atoms with E-state index in [-0.39, 0.29) is 11.9 Å². The summed E-state index contributed by atoms with van der Waals surface area (Å²) in [5, 5.41) is 7.01. The summed E-state index contributed by atoms with van der Waals surface area (Å²) < 4.78 is 1.61. The second-order valence-electron chi connectivity index (χ2n) is 5.39. The molecule has 0 radical (unpaired) electrons. The van der Waals surface area contributed by atoms with E-state index in [1.165, 1.54) is 0 Å². The van der Waals surface area contributed by atoms with Gasteiger partial charge in [0.1, 0.15) is 5.82 Å². The number of benzene rings is 1. The van der Waals surface area contributed by atoms with Gasteiger partial charge in [-0.1, -0.05) is 37.3 Å². The second kappa shape index (κ2) is 6.48. The molecule has 2 heterocycles. The Hall–Kier alpha value is -2.89. The third-order valence-electron chi connectivity index (χ3n) is 3.69. The second-order valence-corrected chi connectivity index (χ2v) is 5.39. The number of nitrogens with zero attached hydrogens (tertiary/aromatic N) is 3. The molecule has 6 nitrogen and oxygen atoms in total. The Morgan fingerprint density at radius 2 is 2.09 bits per heavy atom. The van der Waals surface area contributed by atoms with Gasteiger partial charge < -0.3 is 10.3 Å². The number of carbonyl (C=O) groups is 1. The van der Waals surface area contributed by atoms with Gasteiger partial charge in [-0.25, -0.2) is 4.98 Å². The van der Waals surface area contributed by atoms with E-state index in [9.17, 15) is 4.79 Å². The number of nitrogens with one attached hydrogen (secondary N) is 2. The summed E-state index contributed by atoms with van der Waals surface area (Å²) in [6.07, 6.45) is 5.79. The van der Waals surface area contributed by atoms with Crippen molar-refractivity contribution < 1.29 is 4.79 Å². The molecule has 1 atom stereocenters. The fraction of sp³-hybridized carbons (Fsp3) is 0.235. The lowest BCUT2D eigenvalue weighted by Gasteiger charge is -2.14. The molecular weight excluding hydrogens is 290 g/mol. The molecule has 0 spiro atoms. The predicted octanol–water partition coefficient (Wildman–Crippen LogP) is 2.69. The molecule has 0 saturated heterocycles. The lowest BCUT2D eigenvalue weighted by atomic mass is 10.2. The van der Waals surface area contributed by atoms with Crippen molar-refractivity contribution >= 4 is 5.91 Å². The summed E-state index contributed by atoms with van der Waals surface area (Å²) in [5.74, 6) is 0.603.